The number of likely N-dealkylation sites (tertiary alicyclic amines) is 1. The second-order valence-corrected chi connectivity index (χ2v) is 7.30. The first-order valence-electron chi connectivity index (χ1n) is 8.79. The van der Waals surface area contributed by atoms with Crippen LogP contribution in [-0.4, -0.2) is 54.2 Å². The van der Waals surface area contributed by atoms with Crippen LogP contribution in [0.4, 0.5) is 0 Å². The summed E-state index contributed by atoms with van der Waals surface area (Å²) in [6.45, 7) is 3.41. The summed E-state index contributed by atoms with van der Waals surface area (Å²) in [5.41, 5.74) is 3.29. The summed E-state index contributed by atoms with van der Waals surface area (Å²) in [5.74, 6) is 0. The first-order valence-corrected chi connectivity index (χ1v) is 8.79. The predicted molar refractivity (Wildman–Crippen MR) is 99.9 cm³/mol. The Hall–Kier alpha value is -1.68. The average molecular weight is 324 g/mol. The van der Waals surface area contributed by atoms with Crippen molar-refractivity contribution in [2.45, 2.75) is 25.0 Å². The summed E-state index contributed by atoms with van der Waals surface area (Å²) < 4.78 is 0. The molecule has 0 saturated carbocycles. The van der Waals surface area contributed by atoms with E-state index in [-0.39, 0.29) is 0 Å². The molecule has 0 amide bonds. The number of β-amino-alcohol motifs (C(OH)–C–C–N with tert-alkyl or cyclic N) is 1. The summed E-state index contributed by atoms with van der Waals surface area (Å²) in [5, 5.41) is 10.9. The van der Waals surface area contributed by atoms with E-state index in [4.69, 9.17) is 0 Å². The highest BCUT2D eigenvalue weighted by Crippen LogP contribution is 2.27. The van der Waals surface area contributed by atoms with Crippen LogP contribution in [0.2, 0.25) is 0 Å². The Morgan fingerprint density at radius 1 is 1.04 bits per heavy atom. The second-order valence-electron chi connectivity index (χ2n) is 7.30. The molecule has 0 aromatic heterocycles. The lowest BCUT2D eigenvalue weighted by atomic mass is 9.91. The molecule has 1 aliphatic rings. The van der Waals surface area contributed by atoms with Crippen LogP contribution >= 0.6 is 0 Å². The van der Waals surface area contributed by atoms with Gasteiger partial charge < -0.3 is 10.0 Å². The zero-order valence-electron chi connectivity index (χ0n) is 14.8. The van der Waals surface area contributed by atoms with Crippen LogP contribution in [-0.2, 0) is 6.54 Å². The third-order valence-corrected chi connectivity index (χ3v) is 4.74. The summed E-state index contributed by atoms with van der Waals surface area (Å²) in [7, 11) is 4.06. The van der Waals surface area contributed by atoms with Crippen LogP contribution in [0, 0.1) is 0 Å². The summed E-state index contributed by atoms with van der Waals surface area (Å²) >= 11 is 0. The van der Waals surface area contributed by atoms with Crippen molar-refractivity contribution in [1.29, 1.82) is 0 Å². The molecule has 1 fully saturated rings. The number of aliphatic hydroxyl groups is 1. The number of benzene rings is 2. The average Bonchev–Trinajstić information content (AvgIpc) is 2.55. The minimum absolute atomic E-state index is 0.594. The van der Waals surface area contributed by atoms with Crippen molar-refractivity contribution in [2.75, 3.05) is 33.7 Å². The molecule has 1 saturated heterocycles. The van der Waals surface area contributed by atoms with Gasteiger partial charge in [-0.05, 0) is 50.2 Å². The van der Waals surface area contributed by atoms with E-state index < -0.39 is 5.60 Å². The van der Waals surface area contributed by atoms with Crippen LogP contribution in [0.1, 0.15) is 18.4 Å². The van der Waals surface area contributed by atoms with Gasteiger partial charge in [-0.1, -0.05) is 54.6 Å². The van der Waals surface area contributed by atoms with Gasteiger partial charge in [0.05, 0.1) is 5.60 Å². The molecule has 3 rings (SSSR count). The number of nitrogens with zero attached hydrogens (tertiary/aromatic N) is 2. The predicted octanol–water partition coefficient (Wildman–Crippen LogP) is 3.24. The van der Waals surface area contributed by atoms with Gasteiger partial charge in [0.1, 0.15) is 0 Å². The van der Waals surface area contributed by atoms with Gasteiger partial charge in [-0.15, -0.1) is 0 Å². The van der Waals surface area contributed by atoms with Crippen molar-refractivity contribution in [3.8, 4) is 11.1 Å². The fraction of sp³-hybridized carbons (Fsp3) is 0.429. The van der Waals surface area contributed by atoms with E-state index in [1.807, 2.05) is 14.1 Å². The summed E-state index contributed by atoms with van der Waals surface area (Å²) in [6.07, 6.45) is 1.94. The van der Waals surface area contributed by atoms with Crippen molar-refractivity contribution in [1.82, 2.24) is 9.80 Å². The second kappa shape index (κ2) is 7.47. The molecule has 0 unspecified atom stereocenters. The SMILES string of the molecule is CN(C)C[C@]1(O)CCCN(Cc2ccccc2-c2ccccc2)C1. The van der Waals surface area contributed by atoms with Gasteiger partial charge >= 0.3 is 0 Å². The van der Waals surface area contributed by atoms with Crippen molar-refractivity contribution in [2.24, 2.45) is 0 Å². The Balaban J connectivity index is 1.77. The van der Waals surface area contributed by atoms with Gasteiger partial charge in [-0.2, -0.15) is 0 Å². The topological polar surface area (TPSA) is 26.7 Å². The molecule has 0 aliphatic carbocycles. The molecule has 128 valence electrons. The molecular weight excluding hydrogens is 296 g/mol. The first-order chi connectivity index (χ1) is 11.6. The number of hydrogen-bond donors (Lipinski definition) is 1. The molecule has 24 heavy (non-hydrogen) atoms. The number of piperidine rings is 1. The van der Waals surface area contributed by atoms with Crippen LogP contribution in [0.3, 0.4) is 0 Å². The highest BCUT2D eigenvalue weighted by atomic mass is 16.3. The monoisotopic (exact) mass is 324 g/mol. The zero-order valence-corrected chi connectivity index (χ0v) is 14.8. The lowest BCUT2D eigenvalue weighted by Gasteiger charge is -2.40. The maximum atomic E-state index is 10.9. The fourth-order valence-corrected chi connectivity index (χ4v) is 3.86. The normalized spacial score (nSPS) is 22.0. The van der Waals surface area contributed by atoms with Gasteiger partial charge in [0.15, 0.2) is 0 Å². The van der Waals surface area contributed by atoms with Crippen molar-refractivity contribution in [3.63, 3.8) is 0 Å². The van der Waals surface area contributed by atoms with Crippen molar-refractivity contribution >= 4 is 0 Å². The lowest BCUT2D eigenvalue weighted by Crippen LogP contribution is -2.52. The Bertz CT molecular complexity index is 656. The van der Waals surface area contributed by atoms with Gasteiger partial charge in [-0.25, -0.2) is 0 Å². The summed E-state index contributed by atoms with van der Waals surface area (Å²) in [6, 6.07) is 19.2. The molecule has 0 radical (unpaired) electrons. The van der Waals surface area contributed by atoms with Crippen LogP contribution in [0.5, 0.6) is 0 Å². The van der Waals surface area contributed by atoms with E-state index in [0.717, 1.165) is 39.0 Å². The third kappa shape index (κ3) is 4.23. The highest BCUT2D eigenvalue weighted by molar-refractivity contribution is 5.67. The maximum absolute atomic E-state index is 10.9. The molecule has 1 heterocycles. The van der Waals surface area contributed by atoms with E-state index in [0.29, 0.717) is 0 Å². The molecule has 2 aromatic rings. The number of hydrogen-bond acceptors (Lipinski definition) is 3. The molecule has 1 N–H and O–H groups in total. The van der Waals surface area contributed by atoms with E-state index in [1.54, 1.807) is 0 Å². The largest absolute Gasteiger partial charge is 0.387 e. The first kappa shape index (κ1) is 17.2. The Kier molecular flexibility index (Phi) is 5.34. The molecular formula is C21H28N2O. The molecule has 1 atom stereocenters. The Morgan fingerprint density at radius 3 is 2.50 bits per heavy atom. The van der Waals surface area contributed by atoms with E-state index in [9.17, 15) is 5.11 Å². The van der Waals surface area contributed by atoms with Crippen molar-refractivity contribution in [3.05, 3.63) is 60.2 Å². The van der Waals surface area contributed by atoms with Gasteiger partial charge in [0, 0.05) is 19.6 Å². The van der Waals surface area contributed by atoms with Gasteiger partial charge in [0.25, 0.3) is 0 Å². The van der Waals surface area contributed by atoms with Crippen LogP contribution < -0.4 is 0 Å². The number of rotatable bonds is 5. The minimum atomic E-state index is -0.594. The smallest absolute Gasteiger partial charge is 0.0900 e. The zero-order chi connectivity index (χ0) is 17.0. The molecule has 0 bridgehead atoms. The van der Waals surface area contributed by atoms with E-state index in [1.165, 1.54) is 16.7 Å². The Morgan fingerprint density at radius 2 is 1.75 bits per heavy atom. The third-order valence-electron chi connectivity index (χ3n) is 4.74. The minimum Gasteiger partial charge on any atom is -0.387 e. The number of likely N-dealkylation sites (N-methyl/N-ethyl adjacent to an activating group) is 1. The fourth-order valence-electron chi connectivity index (χ4n) is 3.86. The quantitative estimate of drug-likeness (QED) is 0.915. The van der Waals surface area contributed by atoms with Crippen LogP contribution in [0.15, 0.2) is 54.6 Å². The highest BCUT2D eigenvalue weighted by Gasteiger charge is 2.33. The standard InChI is InChI=1S/C21H28N2O/c1-22(2)16-21(24)13-8-14-23(17-21)15-19-11-6-7-12-20(19)18-9-4-3-5-10-18/h3-7,9-12,24H,8,13-17H2,1-2H3/t21-/m1/s1. The van der Waals surface area contributed by atoms with E-state index in [2.05, 4.69) is 64.4 Å². The van der Waals surface area contributed by atoms with Crippen molar-refractivity contribution < 1.29 is 5.11 Å². The molecule has 1 aliphatic heterocycles. The van der Waals surface area contributed by atoms with Gasteiger partial charge in [0.2, 0.25) is 0 Å². The molecule has 3 nitrogen and oxygen atoms in total. The molecule has 0 spiro atoms. The lowest BCUT2D eigenvalue weighted by molar-refractivity contribution is -0.0479. The Labute approximate surface area is 145 Å². The summed E-state index contributed by atoms with van der Waals surface area (Å²) in [4.78, 5) is 4.48. The maximum Gasteiger partial charge on any atom is 0.0900 e. The van der Waals surface area contributed by atoms with Crippen LogP contribution in [0.25, 0.3) is 11.1 Å². The molecule has 2 aromatic carbocycles. The van der Waals surface area contributed by atoms with E-state index >= 15 is 0 Å². The van der Waals surface area contributed by atoms with Gasteiger partial charge in [-0.3, -0.25) is 4.90 Å². The molecule has 3 heteroatoms.